The van der Waals surface area contributed by atoms with Crippen LogP contribution >= 0.6 is 0 Å². The van der Waals surface area contributed by atoms with E-state index >= 15 is 0 Å². The van der Waals surface area contributed by atoms with Crippen LogP contribution in [-0.4, -0.2) is 54.9 Å². The third kappa shape index (κ3) is 9.53. The minimum Gasteiger partial charge on any atom is -0.444 e. The summed E-state index contributed by atoms with van der Waals surface area (Å²) in [6, 6.07) is 11.3. The summed E-state index contributed by atoms with van der Waals surface area (Å²) in [7, 11) is 0. The minimum absolute atomic E-state index is 0.270. The molecule has 0 unspecified atom stereocenters. The summed E-state index contributed by atoms with van der Waals surface area (Å²) >= 11 is 0. The summed E-state index contributed by atoms with van der Waals surface area (Å²) in [5, 5.41) is 6.12. The Morgan fingerprint density at radius 3 is 2.32 bits per heavy atom. The van der Waals surface area contributed by atoms with Crippen LogP contribution in [-0.2, 0) is 11.3 Å². The third-order valence-corrected chi connectivity index (χ3v) is 4.94. The first kappa shape index (κ1) is 22.7. The molecule has 2 saturated heterocycles. The Kier molecular flexibility index (Phi) is 9.22. The maximum absolute atomic E-state index is 11.4. The van der Waals surface area contributed by atoms with Crippen molar-refractivity contribution in [3.05, 3.63) is 35.9 Å². The molecule has 0 bridgehead atoms. The molecule has 2 aliphatic rings. The summed E-state index contributed by atoms with van der Waals surface area (Å²) in [5.74, 6) is 0. The highest BCUT2D eigenvalue weighted by molar-refractivity contribution is 5.68. The lowest BCUT2D eigenvalue weighted by Gasteiger charge is -2.29. The number of carbonyl (C=O) groups excluding carboxylic acids is 1. The molecule has 0 saturated carbocycles. The quantitative estimate of drug-likeness (QED) is 0.740. The van der Waals surface area contributed by atoms with Gasteiger partial charge in [-0.2, -0.15) is 0 Å². The van der Waals surface area contributed by atoms with Gasteiger partial charge in [-0.15, -0.1) is 0 Å². The van der Waals surface area contributed by atoms with E-state index in [0.717, 1.165) is 58.4 Å². The molecule has 2 aliphatic heterocycles. The molecule has 0 spiro atoms. The molecule has 1 aromatic rings. The first-order valence-electron chi connectivity index (χ1n) is 10.5. The lowest BCUT2D eigenvalue weighted by molar-refractivity contribution is 0.0495. The predicted octanol–water partition coefficient (Wildman–Crippen LogP) is 2.87. The number of rotatable bonds is 3. The number of nitrogens with zero attached hydrogens (tertiary/aromatic N) is 1. The van der Waals surface area contributed by atoms with E-state index in [1.807, 2.05) is 20.8 Å². The SMILES string of the molecule is CC(C)(C)OC(=O)NC1CCNCC1.NC1CCN(Cc2ccccc2)CC1. The number of carbonyl (C=O) groups is 1. The van der Waals surface area contributed by atoms with Crippen molar-refractivity contribution in [2.45, 2.75) is 70.7 Å². The van der Waals surface area contributed by atoms with E-state index in [9.17, 15) is 4.79 Å². The average molecular weight is 391 g/mol. The lowest BCUT2D eigenvalue weighted by Crippen LogP contribution is -2.44. The largest absolute Gasteiger partial charge is 0.444 e. The van der Waals surface area contributed by atoms with Crippen molar-refractivity contribution in [1.82, 2.24) is 15.5 Å². The van der Waals surface area contributed by atoms with Gasteiger partial charge in [-0.1, -0.05) is 30.3 Å². The van der Waals surface area contributed by atoms with Gasteiger partial charge in [0.25, 0.3) is 0 Å². The van der Waals surface area contributed by atoms with Gasteiger partial charge in [-0.3, -0.25) is 4.90 Å². The number of nitrogens with one attached hydrogen (secondary N) is 2. The second kappa shape index (κ2) is 11.4. The number of hydrogen-bond donors (Lipinski definition) is 3. The fourth-order valence-corrected chi connectivity index (χ4v) is 3.39. The standard InChI is InChI=1S/C12H18N2.C10H20N2O2/c13-12-6-8-14(9-7-12)10-11-4-2-1-3-5-11;1-10(2,3)14-9(13)12-8-4-6-11-7-5-8/h1-5,12H,6-10,13H2;8,11H,4-7H2,1-3H3,(H,12,13). The van der Waals surface area contributed by atoms with Crippen LogP contribution in [0.25, 0.3) is 0 Å². The van der Waals surface area contributed by atoms with E-state index in [2.05, 4.69) is 45.9 Å². The molecule has 6 heteroatoms. The van der Waals surface area contributed by atoms with Crippen molar-refractivity contribution < 1.29 is 9.53 Å². The number of hydrogen-bond acceptors (Lipinski definition) is 5. The van der Waals surface area contributed by atoms with Gasteiger partial charge in [-0.05, 0) is 78.2 Å². The molecule has 158 valence electrons. The molecule has 3 rings (SSSR count). The second-order valence-electron chi connectivity index (χ2n) is 8.77. The monoisotopic (exact) mass is 390 g/mol. The minimum atomic E-state index is -0.406. The van der Waals surface area contributed by atoms with Crippen molar-refractivity contribution in [2.75, 3.05) is 26.2 Å². The highest BCUT2D eigenvalue weighted by Gasteiger charge is 2.20. The molecule has 1 amide bonds. The molecule has 2 fully saturated rings. The van der Waals surface area contributed by atoms with E-state index in [0.29, 0.717) is 6.04 Å². The van der Waals surface area contributed by atoms with E-state index in [4.69, 9.17) is 10.5 Å². The predicted molar refractivity (Wildman–Crippen MR) is 114 cm³/mol. The molecule has 28 heavy (non-hydrogen) atoms. The first-order chi connectivity index (χ1) is 13.3. The normalized spacial score (nSPS) is 19.4. The van der Waals surface area contributed by atoms with Crippen molar-refractivity contribution in [1.29, 1.82) is 0 Å². The molecule has 0 radical (unpaired) electrons. The van der Waals surface area contributed by atoms with Crippen LogP contribution in [0.4, 0.5) is 4.79 Å². The Morgan fingerprint density at radius 2 is 1.75 bits per heavy atom. The van der Waals surface area contributed by atoms with E-state index in [1.54, 1.807) is 0 Å². The van der Waals surface area contributed by atoms with Crippen molar-refractivity contribution >= 4 is 6.09 Å². The summed E-state index contributed by atoms with van der Waals surface area (Å²) in [6.45, 7) is 10.9. The van der Waals surface area contributed by atoms with Gasteiger partial charge in [0.1, 0.15) is 5.60 Å². The van der Waals surface area contributed by atoms with E-state index in [1.165, 1.54) is 5.56 Å². The number of amides is 1. The number of nitrogens with two attached hydrogens (primary N) is 1. The fraction of sp³-hybridized carbons (Fsp3) is 0.682. The zero-order chi connectivity index (χ0) is 20.4. The second-order valence-corrected chi connectivity index (χ2v) is 8.77. The van der Waals surface area contributed by atoms with Crippen molar-refractivity contribution in [2.24, 2.45) is 5.73 Å². The molecule has 4 N–H and O–H groups in total. The van der Waals surface area contributed by atoms with Crippen molar-refractivity contribution in [3.8, 4) is 0 Å². The van der Waals surface area contributed by atoms with Crippen LogP contribution in [0.1, 0.15) is 52.0 Å². The van der Waals surface area contributed by atoms with Gasteiger partial charge in [0, 0.05) is 18.6 Å². The molecule has 6 nitrogen and oxygen atoms in total. The number of piperidine rings is 2. The Hall–Kier alpha value is -1.63. The van der Waals surface area contributed by atoms with Gasteiger partial charge in [-0.25, -0.2) is 4.79 Å². The van der Waals surface area contributed by atoms with Crippen LogP contribution in [0.5, 0.6) is 0 Å². The molecule has 0 atom stereocenters. The summed E-state index contributed by atoms with van der Waals surface area (Å²) in [4.78, 5) is 13.9. The Labute approximate surface area is 170 Å². The van der Waals surface area contributed by atoms with Gasteiger partial charge in [0.05, 0.1) is 0 Å². The van der Waals surface area contributed by atoms with Crippen LogP contribution in [0.2, 0.25) is 0 Å². The summed E-state index contributed by atoms with van der Waals surface area (Å²) in [5.41, 5.74) is 6.86. The lowest BCUT2D eigenvalue weighted by atomic mass is 10.1. The molecular weight excluding hydrogens is 352 g/mol. The van der Waals surface area contributed by atoms with E-state index < -0.39 is 5.60 Å². The molecular formula is C22H38N4O2. The number of alkyl carbamates (subject to hydrolysis) is 1. The highest BCUT2D eigenvalue weighted by atomic mass is 16.6. The van der Waals surface area contributed by atoms with Crippen molar-refractivity contribution in [3.63, 3.8) is 0 Å². The zero-order valence-corrected chi connectivity index (χ0v) is 17.7. The Balaban J connectivity index is 0.000000200. The van der Waals surface area contributed by atoms with Crippen LogP contribution in [0.15, 0.2) is 30.3 Å². The van der Waals surface area contributed by atoms with Gasteiger partial charge >= 0.3 is 6.09 Å². The van der Waals surface area contributed by atoms with Gasteiger partial charge in [0.2, 0.25) is 0 Å². The average Bonchev–Trinajstić information content (AvgIpc) is 2.64. The van der Waals surface area contributed by atoms with Crippen LogP contribution < -0.4 is 16.4 Å². The number of ether oxygens (including phenoxy) is 1. The first-order valence-corrected chi connectivity index (χ1v) is 10.5. The molecule has 0 aromatic heterocycles. The maximum Gasteiger partial charge on any atom is 0.407 e. The van der Waals surface area contributed by atoms with Gasteiger partial charge < -0.3 is 21.1 Å². The highest BCUT2D eigenvalue weighted by Crippen LogP contribution is 2.12. The van der Waals surface area contributed by atoms with Gasteiger partial charge in [0.15, 0.2) is 0 Å². The Bertz CT molecular complexity index is 560. The smallest absolute Gasteiger partial charge is 0.407 e. The summed E-state index contributed by atoms with van der Waals surface area (Å²) < 4.78 is 5.17. The number of benzene rings is 1. The fourth-order valence-electron chi connectivity index (χ4n) is 3.39. The summed E-state index contributed by atoms with van der Waals surface area (Å²) in [6.07, 6.45) is 3.96. The Morgan fingerprint density at radius 1 is 1.14 bits per heavy atom. The molecule has 2 heterocycles. The molecule has 1 aromatic carbocycles. The third-order valence-electron chi connectivity index (χ3n) is 4.94. The van der Waals surface area contributed by atoms with Crippen LogP contribution in [0, 0.1) is 0 Å². The zero-order valence-electron chi connectivity index (χ0n) is 17.7. The maximum atomic E-state index is 11.4. The number of likely N-dealkylation sites (tertiary alicyclic amines) is 1. The topological polar surface area (TPSA) is 79.6 Å². The van der Waals surface area contributed by atoms with E-state index in [-0.39, 0.29) is 12.1 Å². The van der Waals surface area contributed by atoms with Crippen LogP contribution in [0.3, 0.4) is 0 Å². The molecule has 0 aliphatic carbocycles.